The van der Waals surface area contributed by atoms with Gasteiger partial charge in [-0.2, -0.15) is 10.2 Å². The number of aromatic nitrogens is 4. The van der Waals surface area contributed by atoms with E-state index in [9.17, 15) is 18.8 Å². The number of halogens is 1. The number of nitrogens with zero attached hydrogens (tertiary/aromatic N) is 4. The van der Waals surface area contributed by atoms with Gasteiger partial charge in [0.1, 0.15) is 10.6 Å². The average Bonchev–Trinajstić information content (AvgIpc) is 3.75. The van der Waals surface area contributed by atoms with Crippen molar-refractivity contribution in [1.29, 1.82) is 0 Å². The Kier molecular flexibility index (Phi) is 8.32. The van der Waals surface area contributed by atoms with Crippen molar-refractivity contribution in [3.63, 3.8) is 0 Å². The van der Waals surface area contributed by atoms with E-state index >= 15 is 0 Å². The Morgan fingerprint density at radius 2 is 1.67 bits per heavy atom. The number of carbonyl (C=O) groups is 3. The molecule has 0 atom stereocenters. The van der Waals surface area contributed by atoms with Crippen LogP contribution < -0.4 is 20.9 Å². The van der Waals surface area contributed by atoms with E-state index < -0.39 is 29.1 Å². The van der Waals surface area contributed by atoms with Crippen molar-refractivity contribution in [3.8, 4) is 0 Å². The zero-order chi connectivity index (χ0) is 32.6. The number of thiophene rings is 1. The van der Waals surface area contributed by atoms with Crippen LogP contribution in [0.2, 0.25) is 0 Å². The molecule has 0 aliphatic carbocycles. The standard InChI is InChI=1S/C32H34FN9O3S/c1-18-15-25(38-37-18)29(44)34-24-16-19(42-13-11-41(4)12-14-42)9-10-20(24)28(43)35-27-21-17-26(46-31(21)40-39-27)30(45)36-32(2,3)22-7-5-6-8-23(22)33/h5-10,15-17H,11-14H2,1-4H3,(H,34,44)(H,36,45)(H,37,38)(H2,35,39,40,43). The average molecular weight is 644 g/mol. The first-order valence-electron chi connectivity index (χ1n) is 14.8. The Bertz CT molecular complexity index is 1940. The van der Waals surface area contributed by atoms with Crippen LogP contribution in [0, 0.1) is 12.7 Å². The lowest BCUT2D eigenvalue weighted by Gasteiger charge is -2.34. The second kappa shape index (κ2) is 12.4. The Morgan fingerprint density at radius 3 is 2.39 bits per heavy atom. The van der Waals surface area contributed by atoms with E-state index in [0.717, 1.165) is 37.6 Å². The molecule has 238 valence electrons. The van der Waals surface area contributed by atoms with Crippen LogP contribution in [0.15, 0.2) is 54.6 Å². The van der Waals surface area contributed by atoms with Gasteiger partial charge in [0.05, 0.1) is 27.1 Å². The minimum absolute atomic E-state index is 0.199. The summed E-state index contributed by atoms with van der Waals surface area (Å²) in [6.45, 7) is 8.67. The van der Waals surface area contributed by atoms with Crippen LogP contribution in [-0.2, 0) is 5.54 Å². The van der Waals surface area contributed by atoms with Crippen LogP contribution in [0.25, 0.3) is 10.2 Å². The molecule has 14 heteroatoms. The molecule has 12 nitrogen and oxygen atoms in total. The fraction of sp³-hybridized carbons (Fsp3) is 0.281. The van der Waals surface area contributed by atoms with E-state index in [2.05, 4.69) is 53.2 Å². The van der Waals surface area contributed by atoms with E-state index in [1.165, 1.54) is 17.4 Å². The Morgan fingerprint density at radius 1 is 0.913 bits per heavy atom. The summed E-state index contributed by atoms with van der Waals surface area (Å²) in [6.07, 6.45) is 0. The third-order valence-electron chi connectivity index (χ3n) is 7.99. The molecule has 5 aromatic rings. The van der Waals surface area contributed by atoms with Crippen molar-refractivity contribution in [2.75, 3.05) is 48.8 Å². The predicted molar refractivity (Wildman–Crippen MR) is 176 cm³/mol. The number of benzene rings is 2. The topological polar surface area (TPSA) is 151 Å². The Hall–Kier alpha value is -5.08. The molecule has 1 aliphatic rings. The number of aryl methyl sites for hydroxylation is 1. The number of aromatic amines is 2. The van der Waals surface area contributed by atoms with Gasteiger partial charge in [-0.15, -0.1) is 11.3 Å². The van der Waals surface area contributed by atoms with Gasteiger partial charge in [-0.1, -0.05) is 18.2 Å². The lowest BCUT2D eigenvalue weighted by molar-refractivity contribution is 0.0913. The molecule has 1 saturated heterocycles. The fourth-order valence-electron chi connectivity index (χ4n) is 5.40. The summed E-state index contributed by atoms with van der Waals surface area (Å²) in [4.78, 5) is 45.4. The third kappa shape index (κ3) is 6.34. The number of rotatable bonds is 8. The van der Waals surface area contributed by atoms with Crippen LogP contribution in [0.5, 0.6) is 0 Å². The van der Waals surface area contributed by atoms with Crippen molar-refractivity contribution in [2.45, 2.75) is 26.3 Å². The molecular formula is C32H34FN9O3S. The van der Waals surface area contributed by atoms with Gasteiger partial charge >= 0.3 is 0 Å². The zero-order valence-electron chi connectivity index (χ0n) is 25.8. The van der Waals surface area contributed by atoms with Crippen LogP contribution in [0.4, 0.5) is 21.6 Å². The number of hydrogen-bond donors (Lipinski definition) is 5. The van der Waals surface area contributed by atoms with Crippen molar-refractivity contribution in [2.24, 2.45) is 0 Å². The highest BCUT2D eigenvalue weighted by molar-refractivity contribution is 7.20. The normalized spacial score (nSPS) is 14.0. The summed E-state index contributed by atoms with van der Waals surface area (Å²) < 4.78 is 14.5. The molecule has 0 unspecified atom stereocenters. The van der Waals surface area contributed by atoms with Crippen molar-refractivity contribution >= 4 is 56.5 Å². The molecule has 2 aromatic carbocycles. The van der Waals surface area contributed by atoms with Gasteiger partial charge in [-0.3, -0.25) is 24.6 Å². The van der Waals surface area contributed by atoms with E-state index in [1.54, 1.807) is 63.2 Å². The van der Waals surface area contributed by atoms with E-state index in [0.29, 0.717) is 26.3 Å². The molecule has 4 heterocycles. The maximum Gasteiger partial charge on any atom is 0.276 e. The molecule has 6 rings (SSSR count). The van der Waals surface area contributed by atoms with Crippen molar-refractivity contribution < 1.29 is 18.8 Å². The van der Waals surface area contributed by atoms with Crippen molar-refractivity contribution in [1.82, 2.24) is 30.6 Å². The predicted octanol–water partition coefficient (Wildman–Crippen LogP) is 4.72. The maximum absolute atomic E-state index is 14.5. The second-order valence-corrected chi connectivity index (χ2v) is 12.9. The summed E-state index contributed by atoms with van der Waals surface area (Å²) in [5.41, 5.74) is 1.76. The van der Waals surface area contributed by atoms with Crippen LogP contribution >= 0.6 is 11.3 Å². The maximum atomic E-state index is 14.5. The summed E-state index contributed by atoms with van der Waals surface area (Å²) >= 11 is 1.17. The summed E-state index contributed by atoms with van der Waals surface area (Å²) in [7, 11) is 2.07. The molecule has 46 heavy (non-hydrogen) atoms. The number of H-pyrrole nitrogens is 2. The quantitative estimate of drug-likeness (QED) is 0.164. The molecule has 3 aromatic heterocycles. The molecule has 0 bridgehead atoms. The second-order valence-electron chi connectivity index (χ2n) is 11.8. The lowest BCUT2D eigenvalue weighted by atomic mass is 9.93. The summed E-state index contributed by atoms with van der Waals surface area (Å²) in [5.74, 6) is -1.52. The highest BCUT2D eigenvalue weighted by atomic mass is 32.1. The number of carbonyl (C=O) groups excluding carboxylic acids is 3. The molecule has 1 fully saturated rings. The van der Waals surface area contributed by atoms with E-state index in [1.807, 2.05) is 6.07 Å². The lowest BCUT2D eigenvalue weighted by Crippen LogP contribution is -2.44. The molecule has 0 saturated carbocycles. The largest absolute Gasteiger partial charge is 0.369 e. The smallest absolute Gasteiger partial charge is 0.276 e. The van der Waals surface area contributed by atoms with Crippen LogP contribution in [0.1, 0.15) is 55.6 Å². The van der Waals surface area contributed by atoms with E-state index in [4.69, 9.17) is 0 Å². The molecule has 5 N–H and O–H groups in total. The van der Waals surface area contributed by atoms with Gasteiger partial charge in [0.15, 0.2) is 11.5 Å². The number of anilines is 3. The number of piperazine rings is 1. The van der Waals surface area contributed by atoms with Gasteiger partial charge in [-0.25, -0.2) is 4.39 Å². The van der Waals surface area contributed by atoms with Gasteiger partial charge in [0, 0.05) is 43.1 Å². The molecule has 1 aliphatic heterocycles. The number of nitrogens with one attached hydrogen (secondary N) is 5. The SMILES string of the molecule is Cc1cc(C(=O)Nc2cc(N3CCN(C)CC3)ccc2C(=O)Nc2n[nH]c3sc(C(=O)NC(C)(C)c4ccccc4F)cc23)n[nH]1. The number of likely N-dealkylation sites (N-methyl/N-ethyl adjacent to an activating group) is 1. The number of hydrogen-bond acceptors (Lipinski definition) is 8. The summed E-state index contributed by atoms with van der Waals surface area (Å²) in [6, 6.07) is 14.9. The van der Waals surface area contributed by atoms with Gasteiger partial charge in [0.2, 0.25) is 0 Å². The highest BCUT2D eigenvalue weighted by Gasteiger charge is 2.28. The number of amides is 3. The first-order valence-corrected chi connectivity index (χ1v) is 15.6. The van der Waals surface area contributed by atoms with Crippen LogP contribution in [0.3, 0.4) is 0 Å². The van der Waals surface area contributed by atoms with E-state index in [-0.39, 0.29) is 17.1 Å². The molecule has 0 radical (unpaired) electrons. The third-order valence-corrected chi connectivity index (χ3v) is 9.03. The Labute approximate surface area is 268 Å². The molecule has 0 spiro atoms. The van der Waals surface area contributed by atoms with Gasteiger partial charge in [0.25, 0.3) is 17.7 Å². The molecule has 3 amide bonds. The zero-order valence-corrected chi connectivity index (χ0v) is 26.6. The van der Waals surface area contributed by atoms with Gasteiger partial charge < -0.3 is 25.8 Å². The fourth-order valence-corrected chi connectivity index (χ4v) is 6.29. The summed E-state index contributed by atoms with van der Waals surface area (Å²) in [5, 5.41) is 23.1. The highest BCUT2D eigenvalue weighted by Crippen LogP contribution is 2.32. The minimum atomic E-state index is -0.971. The number of fused-ring (bicyclic) bond motifs is 1. The minimum Gasteiger partial charge on any atom is -0.369 e. The molecular weight excluding hydrogens is 609 g/mol. The van der Waals surface area contributed by atoms with Gasteiger partial charge in [-0.05, 0) is 64.2 Å². The first-order chi connectivity index (χ1) is 22.0. The van der Waals surface area contributed by atoms with Crippen LogP contribution in [-0.4, -0.2) is 76.2 Å². The van der Waals surface area contributed by atoms with Crippen molar-refractivity contribution in [3.05, 3.63) is 87.8 Å². The first kappa shape index (κ1) is 30.9. The monoisotopic (exact) mass is 643 g/mol. The Balaban J connectivity index is 1.24.